The third kappa shape index (κ3) is 2.30. The van der Waals surface area contributed by atoms with E-state index in [0.717, 1.165) is 5.56 Å². The molecule has 1 aliphatic rings. The van der Waals surface area contributed by atoms with E-state index in [-0.39, 0.29) is 18.0 Å². The van der Waals surface area contributed by atoms with Gasteiger partial charge in [-0.05, 0) is 23.8 Å². The number of hydrogen-bond donors (Lipinski definition) is 1. The van der Waals surface area contributed by atoms with Crippen molar-refractivity contribution in [3.8, 4) is 5.75 Å². The minimum Gasteiger partial charge on any atom is -0.497 e. The molecule has 0 fully saturated rings. The number of halogens is 2. The minimum atomic E-state index is -0.693. The van der Waals surface area contributed by atoms with E-state index in [1.165, 1.54) is 6.08 Å². The molecule has 90 valence electrons. The first-order valence-corrected chi connectivity index (χ1v) is 5.27. The summed E-state index contributed by atoms with van der Waals surface area (Å²) < 4.78 is 31.8. The first-order chi connectivity index (χ1) is 8.11. The van der Waals surface area contributed by atoms with Gasteiger partial charge in [-0.15, -0.1) is 0 Å². The zero-order valence-electron chi connectivity index (χ0n) is 9.41. The Balaban J connectivity index is 2.31. The molecule has 0 amide bonds. The smallest absolute Gasteiger partial charge is 0.145 e. The molecule has 4 heteroatoms. The molecule has 1 unspecified atom stereocenters. The molecule has 0 saturated carbocycles. The van der Waals surface area contributed by atoms with Crippen molar-refractivity contribution in [1.82, 2.24) is 0 Å². The summed E-state index contributed by atoms with van der Waals surface area (Å²) in [5.74, 6) is -0.962. The Bertz CT molecular complexity index is 494. The maximum absolute atomic E-state index is 13.4. The lowest BCUT2D eigenvalue weighted by Gasteiger charge is -2.18. The fourth-order valence-corrected chi connectivity index (χ4v) is 1.84. The first kappa shape index (κ1) is 11.6. The molecule has 0 heterocycles. The number of rotatable bonds is 2. The second-order valence-electron chi connectivity index (χ2n) is 3.92. The van der Waals surface area contributed by atoms with Crippen LogP contribution >= 0.6 is 0 Å². The molecule has 1 aliphatic carbocycles. The predicted molar refractivity (Wildman–Crippen MR) is 61.9 cm³/mol. The molecule has 0 spiro atoms. The highest BCUT2D eigenvalue weighted by molar-refractivity contribution is 5.39. The second-order valence-corrected chi connectivity index (χ2v) is 3.92. The molecule has 2 N–H and O–H groups in total. The van der Waals surface area contributed by atoms with E-state index in [4.69, 9.17) is 10.5 Å². The fraction of sp³-hybridized carbons (Fsp3) is 0.231. The molecule has 17 heavy (non-hydrogen) atoms. The lowest BCUT2D eigenvalue weighted by molar-refractivity contribution is 0.413. The van der Waals surface area contributed by atoms with Crippen LogP contribution in [0.2, 0.25) is 0 Å². The van der Waals surface area contributed by atoms with E-state index in [1.807, 2.05) is 6.07 Å². The van der Waals surface area contributed by atoms with Crippen LogP contribution in [0.15, 0.2) is 47.7 Å². The third-order valence-corrected chi connectivity index (χ3v) is 2.82. The van der Waals surface area contributed by atoms with E-state index in [0.29, 0.717) is 5.75 Å². The maximum atomic E-state index is 13.4. The highest BCUT2D eigenvalue weighted by Crippen LogP contribution is 2.35. The van der Waals surface area contributed by atoms with E-state index in [1.54, 1.807) is 25.3 Å². The Kier molecular flexibility index (Phi) is 3.13. The molecule has 1 aromatic carbocycles. The summed E-state index contributed by atoms with van der Waals surface area (Å²) in [6.07, 6.45) is 1.43. The van der Waals surface area contributed by atoms with Crippen molar-refractivity contribution in [2.24, 2.45) is 5.73 Å². The van der Waals surface area contributed by atoms with E-state index < -0.39 is 11.7 Å². The Morgan fingerprint density at radius 1 is 1.35 bits per heavy atom. The van der Waals surface area contributed by atoms with Gasteiger partial charge < -0.3 is 10.5 Å². The van der Waals surface area contributed by atoms with Crippen molar-refractivity contribution in [2.45, 2.75) is 12.3 Å². The van der Waals surface area contributed by atoms with E-state index in [9.17, 15) is 8.78 Å². The number of benzene rings is 1. The van der Waals surface area contributed by atoms with Gasteiger partial charge in [0, 0.05) is 12.3 Å². The van der Waals surface area contributed by atoms with Gasteiger partial charge in [-0.1, -0.05) is 12.1 Å². The summed E-state index contributed by atoms with van der Waals surface area (Å²) in [5.41, 5.74) is 5.68. The lowest BCUT2D eigenvalue weighted by Crippen LogP contribution is -2.10. The largest absolute Gasteiger partial charge is 0.497 e. The molecular formula is C13H13F2NO. The molecular weight excluding hydrogens is 224 g/mol. The van der Waals surface area contributed by atoms with Crippen LogP contribution in [-0.4, -0.2) is 7.11 Å². The molecule has 0 aliphatic heterocycles. The molecule has 2 nitrogen and oxygen atoms in total. The highest BCUT2D eigenvalue weighted by atomic mass is 19.1. The van der Waals surface area contributed by atoms with Gasteiger partial charge in [-0.3, -0.25) is 0 Å². The van der Waals surface area contributed by atoms with E-state index >= 15 is 0 Å². The molecule has 0 radical (unpaired) electrons. The van der Waals surface area contributed by atoms with Crippen LogP contribution < -0.4 is 10.5 Å². The quantitative estimate of drug-likeness (QED) is 0.857. The van der Waals surface area contributed by atoms with Crippen molar-refractivity contribution in [2.75, 3.05) is 7.11 Å². The zero-order valence-corrected chi connectivity index (χ0v) is 9.41. The highest BCUT2D eigenvalue weighted by Gasteiger charge is 2.22. The summed E-state index contributed by atoms with van der Waals surface area (Å²) in [6.45, 7) is 0. The molecule has 0 aromatic heterocycles. The van der Waals surface area contributed by atoms with Crippen molar-refractivity contribution in [1.29, 1.82) is 0 Å². The number of nitrogens with two attached hydrogens (primary N) is 1. The van der Waals surface area contributed by atoms with Crippen LogP contribution in [0.25, 0.3) is 0 Å². The van der Waals surface area contributed by atoms with Gasteiger partial charge in [-0.25, -0.2) is 8.78 Å². The standard InChI is InChI=1S/C13H13F2NO/c1-17-10-4-2-3-8(5-10)9-6-11(14)13(16)12(15)7-9/h2-6,9H,7,16H2,1H3. The maximum Gasteiger partial charge on any atom is 0.145 e. The van der Waals surface area contributed by atoms with Gasteiger partial charge in [0.25, 0.3) is 0 Å². The van der Waals surface area contributed by atoms with Crippen LogP contribution in [0.4, 0.5) is 8.78 Å². The fourth-order valence-electron chi connectivity index (χ4n) is 1.84. The van der Waals surface area contributed by atoms with Gasteiger partial charge in [0.15, 0.2) is 0 Å². The van der Waals surface area contributed by atoms with Crippen LogP contribution in [0.3, 0.4) is 0 Å². The van der Waals surface area contributed by atoms with Crippen LogP contribution in [0.1, 0.15) is 17.9 Å². The third-order valence-electron chi connectivity index (χ3n) is 2.82. The molecule has 2 rings (SSSR count). The summed E-state index contributed by atoms with van der Waals surface area (Å²) in [5, 5.41) is 0. The monoisotopic (exact) mass is 237 g/mol. The summed E-state index contributed by atoms with van der Waals surface area (Å²) in [4.78, 5) is 0. The van der Waals surface area contributed by atoms with E-state index in [2.05, 4.69) is 0 Å². The summed E-state index contributed by atoms with van der Waals surface area (Å²) in [7, 11) is 1.55. The van der Waals surface area contributed by atoms with Crippen LogP contribution in [0.5, 0.6) is 5.75 Å². The number of allylic oxidation sites excluding steroid dienone is 3. The normalized spacial score (nSPS) is 20.2. The summed E-state index contributed by atoms with van der Waals surface area (Å²) >= 11 is 0. The topological polar surface area (TPSA) is 35.2 Å². The summed E-state index contributed by atoms with van der Waals surface area (Å²) in [6, 6.07) is 7.15. The van der Waals surface area contributed by atoms with Gasteiger partial charge in [0.2, 0.25) is 0 Å². The SMILES string of the molecule is COc1cccc(C2C=C(F)C(N)=C(F)C2)c1. The van der Waals surface area contributed by atoms with Gasteiger partial charge >= 0.3 is 0 Å². The lowest BCUT2D eigenvalue weighted by atomic mass is 9.90. The first-order valence-electron chi connectivity index (χ1n) is 5.27. The average molecular weight is 237 g/mol. The van der Waals surface area contributed by atoms with Gasteiger partial charge in [0.05, 0.1) is 12.8 Å². The van der Waals surface area contributed by atoms with Crippen LogP contribution in [-0.2, 0) is 0 Å². The van der Waals surface area contributed by atoms with Gasteiger partial charge in [0.1, 0.15) is 17.4 Å². The van der Waals surface area contributed by atoms with Crippen molar-refractivity contribution in [3.05, 3.63) is 53.3 Å². The Hall–Kier alpha value is -1.84. The Labute approximate surface area is 98.4 Å². The molecule has 1 atom stereocenters. The predicted octanol–water partition coefficient (Wildman–Crippen LogP) is 3.18. The Morgan fingerprint density at radius 2 is 2.12 bits per heavy atom. The van der Waals surface area contributed by atoms with Gasteiger partial charge in [-0.2, -0.15) is 0 Å². The number of hydrogen-bond acceptors (Lipinski definition) is 2. The van der Waals surface area contributed by atoms with Crippen LogP contribution in [0, 0.1) is 0 Å². The second kappa shape index (κ2) is 4.57. The zero-order chi connectivity index (χ0) is 12.4. The molecule has 1 aromatic rings. The molecule has 0 bridgehead atoms. The number of ether oxygens (including phenoxy) is 1. The molecule has 0 saturated heterocycles. The van der Waals surface area contributed by atoms with Crippen molar-refractivity contribution < 1.29 is 13.5 Å². The number of methoxy groups -OCH3 is 1. The van der Waals surface area contributed by atoms with Crippen molar-refractivity contribution >= 4 is 0 Å². The minimum absolute atomic E-state index is 0.0897. The Morgan fingerprint density at radius 3 is 2.76 bits per heavy atom. The average Bonchev–Trinajstić information content (AvgIpc) is 2.35. The van der Waals surface area contributed by atoms with Crippen molar-refractivity contribution in [3.63, 3.8) is 0 Å².